The summed E-state index contributed by atoms with van der Waals surface area (Å²) in [6, 6.07) is 8.64. The molecule has 3 aromatic heterocycles. The standard InChI is InChI=1S/C27H25FN8O2/c1-15(11-29)35-5-3-19-10-24(34-36(19)14-25(35)37)33-23-9-17-7-20(22(28)8-18(17)12-31-23)21-13-32-27-26(16(21)2)30-4-6-38-27/h7-10,12-13,15,30H,3-6,14H2,1-2H3,(H,31,33,34)/t15-/m1/s1. The predicted octanol–water partition coefficient (Wildman–Crippen LogP) is 3.79. The number of rotatable bonds is 4. The Bertz CT molecular complexity index is 1630. The van der Waals surface area contributed by atoms with Gasteiger partial charge in [0.1, 0.15) is 36.5 Å². The van der Waals surface area contributed by atoms with E-state index < -0.39 is 6.04 Å². The fourth-order valence-electron chi connectivity index (χ4n) is 4.98. The van der Waals surface area contributed by atoms with Crippen molar-refractivity contribution in [2.24, 2.45) is 0 Å². The third kappa shape index (κ3) is 4.14. The summed E-state index contributed by atoms with van der Waals surface area (Å²) in [5, 5.41) is 21.7. The van der Waals surface area contributed by atoms with Crippen molar-refractivity contribution in [2.45, 2.75) is 32.9 Å². The first-order valence-corrected chi connectivity index (χ1v) is 12.4. The van der Waals surface area contributed by atoms with Crippen molar-refractivity contribution in [1.29, 1.82) is 5.26 Å². The SMILES string of the molecule is Cc1c(-c2cc3cc(Nc4cc5n(n4)CC(=O)N([C@H](C)C#N)CC5)ncc3cc2F)cnc2c1NCCO2. The Morgan fingerprint density at radius 2 is 2.03 bits per heavy atom. The highest BCUT2D eigenvalue weighted by Crippen LogP contribution is 2.37. The van der Waals surface area contributed by atoms with Crippen LogP contribution in [0, 0.1) is 24.1 Å². The average molecular weight is 513 g/mol. The Hall–Kier alpha value is -4.72. The van der Waals surface area contributed by atoms with E-state index in [2.05, 4.69) is 31.8 Å². The van der Waals surface area contributed by atoms with E-state index in [9.17, 15) is 10.1 Å². The van der Waals surface area contributed by atoms with Gasteiger partial charge >= 0.3 is 0 Å². The number of pyridine rings is 2. The Labute approximate surface area is 218 Å². The largest absolute Gasteiger partial charge is 0.474 e. The number of anilines is 3. The molecule has 10 nitrogen and oxygen atoms in total. The Kier molecular flexibility index (Phi) is 5.79. The number of halogens is 1. The van der Waals surface area contributed by atoms with Gasteiger partial charge in [0.2, 0.25) is 11.8 Å². The molecule has 192 valence electrons. The summed E-state index contributed by atoms with van der Waals surface area (Å²) >= 11 is 0. The van der Waals surface area contributed by atoms with E-state index in [1.165, 1.54) is 6.07 Å². The number of ether oxygens (including phenoxy) is 1. The predicted molar refractivity (Wildman–Crippen MR) is 140 cm³/mol. The number of aromatic nitrogens is 4. The summed E-state index contributed by atoms with van der Waals surface area (Å²) < 4.78 is 22.4. The van der Waals surface area contributed by atoms with Crippen LogP contribution in [0.15, 0.2) is 36.7 Å². The molecule has 0 bridgehead atoms. The topological polar surface area (TPSA) is 121 Å². The van der Waals surface area contributed by atoms with Gasteiger partial charge in [-0.1, -0.05) is 0 Å². The molecular weight excluding hydrogens is 487 g/mol. The molecule has 0 saturated carbocycles. The first-order chi connectivity index (χ1) is 18.4. The highest BCUT2D eigenvalue weighted by Gasteiger charge is 2.26. The van der Waals surface area contributed by atoms with E-state index in [-0.39, 0.29) is 18.3 Å². The molecule has 38 heavy (non-hydrogen) atoms. The van der Waals surface area contributed by atoms with E-state index in [0.29, 0.717) is 60.1 Å². The number of nitriles is 1. The molecule has 0 fully saturated rings. The molecule has 2 aliphatic rings. The maximum atomic E-state index is 15.2. The molecule has 1 amide bonds. The van der Waals surface area contributed by atoms with Gasteiger partial charge in [-0.3, -0.25) is 9.48 Å². The van der Waals surface area contributed by atoms with Gasteiger partial charge in [-0.15, -0.1) is 0 Å². The Morgan fingerprint density at radius 3 is 2.87 bits per heavy atom. The summed E-state index contributed by atoms with van der Waals surface area (Å²) in [6.45, 7) is 5.39. The second kappa shape index (κ2) is 9.30. The number of hydrogen-bond donors (Lipinski definition) is 2. The van der Waals surface area contributed by atoms with E-state index in [1.54, 1.807) is 35.0 Å². The Morgan fingerprint density at radius 1 is 1.16 bits per heavy atom. The number of benzene rings is 1. The molecule has 0 aliphatic carbocycles. The van der Waals surface area contributed by atoms with Crippen molar-refractivity contribution in [3.8, 4) is 23.1 Å². The monoisotopic (exact) mass is 512 g/mol. The number of nitrogens with zero attached hydrogens (tertiary/aromatic N) is 6. The number of amides is 1. The molecule has 2 N–H and O–H groups in total. The zero-order valence-electron chi connectivity index (χ0n) is 21.0. The smallest absolute Gasteiger partial charge is 0.245 e. The van der Waals surface area contributed by atoms with Crippen LogP contribution in [-0.4, -0.2) is 56.3 Å². The minimum Gasteiger partial charge on any atom is -0.474 e. The average Bonchev–Trinajstić information content (AvgIpc) is 3.21. The molecule has 0 spiro atoms. The first-order valence-electron chi connectivity index (χ1n) is 12.4. The number of carbonyl (C=O) groups excluding carboxylic acids is 1. The third-order valence-corrected chi connectivity index (χ3v) is 7.03. The third-order valence-electron chi connectivity index (χ3n) is 7.03. The lowest BCUT2D eigenvalue weighted by molar-refractivity contribution is -0.132. The van der Waals surface area contributed by atoms with Gasteiger partial charge in [0.25, 0.3) is 0 Å². The van der Waals surface area contributed by atoms with Crippen molar-refractivity contribution in [2.75, 3.05) is 30.3 Å². The maximum absolute atomic E-state index is 15.2. The van der Waals surface area contributed by atoms with Crippen LogP contribution in [0.5, 0.6) is 5.88 Å². The zero-order chi connectivity index (χ0) is 26.4. The van der Waals surface area contributed by atoms with Crippen LogP contribution >= 0.6 is 0 Å². The fourth-order valence-corrected chi connectivity index (χ4v) is 4.98. The normalized spacial score (nSPS) is 15.5. The molecule has 1 aromatic carbocycles. The van der Waals surface area contributed by atoms with E-state index >= 15 is 4.39 Å². The molecule has 0 saturated heterocycles. The van der Waals surface area contributed by atoms with Crippen molar-refractivity contribution in [3.63, 3.8) is 0 Å². The lowest BCUT2D eigenvalue weighted by atomic mass is 9.98. The molecule has 5 heterocycles. The number of carbonyl (C=O) groups is 1. The van der Waals surface area contributed by atoms with Gasteiger partial charge in [-0.25, -0.2) is 14.4 Å². The molecule has 11 heteroatoms. The minimum absolute atomic E-state index is 0.0743. The van der Waals surface area contributed by atoms with Crippen LogP contribution in [0.2, 0.25) is 0 Å². The summed E-state index contributed by atoms with van der Waals surface area (Å²) in [4.78, 5) is 23.0. The highest BCUT2D eigenvalue weighted by molar-refractivity contribution is 5.90. The molecular formula is C27H25FN8O2. The molecule has 0 unspecified atom stereocenters. The van der Waals surface area contributed by atoms with Crippen LogP contribution in [0.25, 0.3) is 21.9 Å². The van der Waals surface area contributed by atoms with Gasteiger partial charge in [0.15, 0.2) is 5.82 Å². The van der Waals surface area contributed by atoms with E-state index in [1.807, 2.05) is 19.1 Å². The minimum atomic E-state index is -0.480. The number of nitrogens with one attached hydrogen (secondary N) is 2. The summed E-state index contributed by atoms with van der Waals surface area (Å²) in [5.41, 5.74) is 3.69. The summed E-state index contributed by atoms with van der Waals surface area (Å²) in [6.07, 6.45) is 3.85. The van der Waals surface area contributed by atoms with Crippen LogP contribution in [0.1, 0.15) is 18.2 Å². The Balaban J connectivity index is 1.28. The van der Waals surface area contributed by atoms with Crippen molar-refractivity contribution < 1.29 is 13.9 Å². The lowest BCUT2D eigenvalue weighted by Crippen LogP contribution is -2.39. The second-order valence-corrected chi connectivity index (χ2v) is 9.45. The van der Waals surface area contributed by atoms with Gasteiger partial charge in [0.05, 0.1) is 6.07 Å². The molecule has 2 aliphatic heterocycles. The van der Waals surface area contributed by atoms with E-state index in [4.69, 9.17) is 4.74 Å². The molecule has 6 rings (SSSR count). The summed E-state index contributed by atoms with van der Waals surface area (Å²) in [5.74, 6) is 1.14. The lowest BCUT2D eigenvalue weighted by Gasteiger charge is -2.22. The summed E-state index contributed by atoms with van der Waals surface area (Å²) in [7, 11) is 0. The number of fused-ring (bicyclic) bond motifs is 3. The first kappa shape index (κ1) is 23.7. The van der Waals surface area contributed by atoms with Crippen molar-refractivity contribution in [1.82, 2.24) is 24.6 Å². The van der Waals surface area contributed by atoms with Crippen molar-refractivity contribution >= 4 is 34.0 Å². The van der Waals surface area contributed by atoms with Crippen LogP contribution in [0.3, 0.4) is 0 Å². The van der Waals surface area contributed by atoms with Gasteiger partial charge in [0, 0.05) is 60.2 Å². The highest BCUT2D eigenvalue weighted by atomic mass is 19.1. The fraction of sp³-hybridized carbons (Fsp3) is 0.296. The van der Waals surface area contributed by atoms with Gasteiger partial charge in [-0.2, -0.15) is 10.4 Å². The zero-order valence-corrected chi connectivity index (χ0v) is 21.0. The molecule has 4 aromatic rings. The van der Waals surface area contributed by atoms with Crippen LogP contribution < -0.4 is 15.4 Å². The van der Waals surface area contributed by atoms with Crippen LogP contribution in [0.4, 0.5) is 21.7 Å². The molecule has 1 atom stereocenters. The van der Waals surface area contributed by atoms with Crippen LogP contribution in [-0.2, 0) is 17.8 Å². The second-order valence-electron chi connectivity index (χ2n) is 9.45. The van der Waals surface area contributed by atoms with Gasteiger partial charge in [-0.05, 0) is 43.0 Å². The maximum Gasteiger partial charge on any atom is 0.245 e. The quantitative estimate of drug-likeness (QED) is 0.424. The number of hydrogen-bond acceptors (Lipinski definition) is 8. The van der Waals surface area contributed by atoms with Gasteiger partial charge < -0.3 is 20.3 Å². The van der Waals surface area contributed by atoms with E-state index in [0.717, 1.165) is 22.3 Å². The molecule has 0 radical (unpaired) electrons. The van der Waals surface area contributed by atoms with Crippen molar-refractivity contribution in [3.05, 3.63) is 53.7 Å².